The third-order valence-corrected chi connectivity index (χ3v) is 4.14. The minimum Gasteiger partial charge on any atom is -0.330 e. The smallest absolute Gasteiger partial charge is 0.238 e. The van der Waals surface area contributed by atoms with Crippen LogP contribution in [0, 0.1) is 5.92 Å². The number of halogens is 2. The van der Waals surface area contributed by atoms with Gasteiger partial charge in [0.1, 0.15) is 0 Å². The summed E-state index contributed by atoms with van der Waals surface area (Å²) >= 11 is 3.43. The zero-order chi connectivity index (χ0) is 13.7. The van der Waals surface area contributed by atoms with Crippen molar-refractivity contribution in [1.29, 1.82) is 0 Å². The second-order valence-electron chi connectivity index (χ2n) is 5.01. The second kappa shape index (κ2) is 8.62. The predicted octanol–water partition coefficient (Wildman–Crippen LogP) is 2.48. The van der Waals surface area contributed by atoms with Gasteiger partial charge < -0.3 is 11.1 Å². The molecule has 0 bridgehead atoms. The van der Waals surface area contributed by atoms with Crippen molar-refractivity contribution in [3.05, 3.63) is 28.7 Å². The van der Waals surface area contributed by atoms with Crippen LogP contribution in [-0.4, -0.2) is 37.0 Å². The van der Waals surface area contributed by atoms with Gasteiger partial charge >= 0.3 is 0 Å². The molecular formula is C14H21BrClN3O. The Balaban J connectivity index is 0.00000200. The summed E-state index contributed by atoms with van der Waals surface area (Å²) in [6.07, 6.45) is 2.31. The summed E-state index contributed by atoms with van der Waals surface area (Å²) in [4.78, 5) is 14.2. The molecule has 4 nitrogen and oxygen atoms in total. The molecule has 0 aliphatic carbocycles. The Kier molecular flexibility index (Phi) is 7.51. The molecule has 0 spiro atoms. The summed E-state index contributed by atoms with van der Waals surface area (Å²) in [6.45, 7) is 3.07. The maximum absolute atomic E-state index is 12.0. The Morgan fingerprint density at radius 1 is 1.45 bits per heavy atom. The molecule has 3 N–H and O–H groups in total. The number of hydrogen-bond donors (Lipinski definition) is 2. The normalized spacial score (nSPS) is 19.2. The molecule has 6 heteroatoms. The number of para-hydroxylation sites is 1. The Labute approximate surface area is 134 Å². The number of carbonyl (C=O) groups is 1. The van der Waals surface area contributed by atoms with E-state index in [1.165, 1.54) is 6.42 Å². The third-order valence-electron chi connectivity index (χ3n) is 3.45. The highest BCUT2D eigenvalue weighted by Gasteiger charge is 2.20. The summed E-state index contributed by atoms with van der Waals surface area (Å²) in [5.74, 6) is 0.564. The number of nitrogens with two attached hydrogens (primary N) is 1. The van der Waals surface area contributed by atoms with Crippen molar-refractivity contribution < 1.29 is 4.79 Å². The van der Waals surface area contributed by atoms with E-state index >= 15 is 0 Å². The van der Waals surface area contributed by atoms with E-state index in [0.717, 1.165) is 29.7 Å². The molecule has 20 heavy (non-hydrogen) atoms. The second-order valence-corrected chi connectivity index (χ2v) is 5.86. The zero-order valence-corrected chi connectivity index (χ0v) is 13.8. The van der Waals surface area contributed by atoms with E-state index in [1.807, 2.05) is 24.3 Å². The van der Waals surface area contributed by atoms with Crippen LogP contribution in [0.5, 0.6) is 0 Å². The van der Waals surface area contributed by atoms with Crippen LogP contribution >= 0.6 is 28.3 Å². The number of hydrogen-bond acceptors (Lipinski definition) is 3. The van der Waals surface area contributed by atoms with Gasteiger partial charge in [-0.25, -0.2) is 0 Å². The molecule has 1 aliphatic heterocycles. The van der Waals surface area contributed by atoms with Gasteiger partial charge in [0, 0.05) is 11.0 Å². The molecule has 1 aromatic rings. The number of rotatable bonds is 4. The Hall–Kier alpha value is -0.620. The van der Waals surface area contributed by atoms with Crippen molar-refractivity contribution in [2.45, 2.75) is 12.8 Å². The fourth-order valence-corrected chi connectivity index (χ4v) is 2.83. The van der Waals surface area contributed by atoms with E-state index in [1.54, 1.807) is 0 Å². The van der Waals surface area contributed by atoms with Gasteiger partial charge in [-0.2, -0.15) is 0 Å². The highest BCUT2D eigenvalue weighted by atomic mass is 79.9. The van der Waals surface area contributed by atoms with Crippen LogP contribution in [0.2, 0.25) is 0 Å². The summed E-state index contributed by atoms with van der Waals surface area (Å²) < 4.78 is 0.904. The number of nitrogens with zero attached hydrogens (tertiary/aromatic N) is 1. The Bertz CT molecular complexity index is 444. The van der Waals surface area contributed by atoms with Crippen LogP contribution in [0.4, 0.5) is 5.69 Å². The monoisotopic (exact) mass is 361 g/mol. The molecule has 1 atom stereocenters. The van der Waals surface area contributed by atoms with Crippen LogP contribution in [0.1, 0.15) is 12.8 Å². The molecule has 2 rings (SSSR count). The van der Waals surface area contributed by atoms with Gasteiger partial charge in [-0.15, -0.1) is 12.4 Å². The van der Waals surface area contributed by atoms with Gasteiger partial charge in [0.2, 0.25) is 5.91 Å². The number of carbonyl (C=O) groups excluding carboxylic acids is 1. The highest BCUT2D eigenvalue weighted by Crippen LogP contribution is 2.21. The fourth-order valence-electron chi connectivity index (χ4n) is 2.44. The molecule has 1 amide bonds. The lowest BCUT2D eigenvalue weighted by molar-refractivity contribution is -0.117. The standard InChI is InChI=1S/C14H20BrN3O.ClH/c15-12-5-1-2-6-13(12)17-14(19)10-18-7-3-4-11(8-16)9-18;/h1-2,5-6,11H,3-4,7-10,16H2,(H,17,19);1H. The first-order valence-electron chi connectivity index (χ1n) is 6.66. The van der Waals surface area contributed by atoms with Crippen molar-refractivity contribution in [3.8, 4) is 0 Å². The van der Waals surface area contributed by atoms with E-state index in [4.69, 9.17) is 5.73 Å². The van der Waals surface area contributed by atoms with Crippen LogP contribution in [0.15, 0.2) is 28.7 Å². The largest absolute Gasteiger partial charge is 0.330 e. The fraction of sp³-hybridized carbons (Fsp3) is 0.500. The predicted molar refractivity (Wildman–Crippen MR) is 88.2 cm³/mol. The van der Waals surface area contributed by atoms with Gasteiger partial charge in [0.25, 0.3) is 0 Å². The minimum absolute atomic E-state index is 0. The van der Waals surface area contributed by atoms with Crippen LogP contribution in [0.3, 0.4) is 0 Å². The number of likely N-dealkylation sites (tertiary alicyclic amines) is 1. The van der Waals surface area contributed by atoms with E-state index in [0.29, 0.717) is 19.0 Å². The number of amides is 1. The van der Waals surface area contributed by atoms with Crippen LogP contribution < -0.4 is 11.1 Å². The molecule has 0 saturated carbocycles. The summed E-state index contributed by atoms with van der Waals surface area (Å²) in [5.41, 5.74) is 6.53. The van der Waals surface area contributed by atoms with Gasteiger partial charge in [-0.3, -0.25) is 9.69 Å². The van der Waals surface area contributed by atoms with Crippen molar-refractivity contribution in [2.24, 2.45) is 11.7 Å². The SMILES string of the molecule is Cl.NCC1CCCN(CC(=O)Nc2ccccc2Br)C1. The molecular weight excluding hydrogens is 342 g/mol. The first-order valence-corrected chi connectivity index (χ1v) is 7.45. The molecule has 0 radical (unpaired) electrons. The van der Waals surface area contributed by atoms with Gasteiger partial charge in [-0.1, -0.05) is 12.1 Å². The van der Waals surface area contributed by atoms with Crippen molar-refractivity contribution in [1.82, 2.24) is 4.90 Å². The Morgan fingerprint density at radius 3 is 2.90 bits per heavy atom. The number of benzene rings is 1. The third kappa shape index (κ3) is 5.05. The quantitative estimate of drug-likeness (QED) is 0.865. The maximum Gasteiger partial charge on any atom is 0.238 e. The molecule has 1 unspecified atom stereocenters. The molecule has 1 saturated heterocycles. The summed E-state index contributed by atoms with van der Waals surface area (Å²) in [6, 6.07) is 7.64. The van der Waals surface area contributed by atoms with Gasteiger partial charge in [-0.05, 0) is 59.9 Å². The Morgan fingerprint density at radius 2 is 2.20 bits per heavy atom. The first-order chi connectivity index (χ1) is 9.19. The topological polar surface area (TPSA) is 58.4 Å². The summed E-state index contributed by atoms with van der Waals surface area (Å²) in [7, 11) is 0. The summed E-state index contributed by atoms with van der Waals surface area (Å²) in [5, 5.41) is 2.93. The lowest BCUT2D eigenvalue weighted by Gasteiger charge is -2.31. The average Bonchev–Trinajstić information content (AvgIpc) is 2.41. The van der Waals surface area contributed by atoms with Crippen molar-refractivity contribution in [2.75, 3.05) is 31.5 Å². The van der Waals surface area contributed by atoms with E-state index < -0.39 is 0 Å². The number of anilines is 1. The first kappa shape index (κ1) is 17.4. The molecule has 0 aromatic heterocycles. The maximum atomic E-state index is 12.0. The van der Waals surface area contributed by atoms with Gasteiger partial charge in [0.05, 0.1) is 12.2 Å². The van der Waals surface area contributed by atoms with Gasteiger partial charge in [0.15, 0.2) is 0 Å². The molecule has 1 heterocycles. The van der Waals surface area contributed by atoms with E-state index in [-0.39, 0.29) is 18.3 Å². The molecule has 1 aliphatic rings. The van der Waals surface area contributed by atoms with E-state index in [2.05, 4.69) is 26.1 Å². The van der Waals surface area contributed by atoms with Crippen molar-refractivity contribution >= 4 is 39.9 Å². The molecule has 112 valence electrons. The average molecular weight is 363 g/mol. The molecule has 1 aromatic carbocycles. The number of piperidine rings is 1. The highest BCUT2D eigenvalue weighted by molar-refractivity contribution is 9.10. The van der Waals surface area contributed by atoms with Crippen LogP contribution in [0.25, 0.3) is 0 Å². The zero-order valence-electron chi connectivity index (χ0n) is 11.3. The lowest BCUT2D eigenvalue weighted by atomic mass is 9.98. The van der Waals surface area contributed by atoms with E-state index in [9.17, 15) is 4.79 Å². The number of nitrogens with one attached hydrogen (secondary N) is 1. The van der Waals surface area contributed by atoms with Crippen molar-refractivity contribution in [3.63, 3.8) is 0 Å². The lowest BCUT2D eigenvalue weighted by Crippen LogP contribution is -2.42. The minimum atomic E-state index is 0. The molecule has 1 fully saturated rings. The van der Waals surface area contributed by atoms with Crippen LogP contribution in [-0.2, 0) is 4.79 Å².